The number of anilines is 1. The van der Waals surface area contributed by atoms with Gasteiger partial charge in [0.25, 0.3) is 0 Å². The SMILES string of the molecule is C=C(Nc1cc2cc(/C(N)=C/N(C)N)ccc2cn1)c1ccccc1F. The van der Waals surface area contributed by atoms with E-state index in [9.17, 15) is 4.39 Å². The molecule has 6 heteroatoms. The van der Waals surface area contributed by atoms with E-state index in [1.54, 1.807) is 37.6 Å². The van der Waals surface area contributed by atoms with Crippen LogP contribution in [0.2, 0.25) is 0 Å². The number of hydrogen-bond acceptors (Lipinski definition) is 5. The van der Waals surface area contributed by atoms with Gasteiger partial charge in [0.05, 0.1) is 5.70 Å². The molecule has 0 radical (unpaired) electrons. The number of pyridine rings is 1. The fraction of sp³-hybridized carbons (Fsp3) is 0.0500. The number of hydrogen-bond donors (Lipinski definition) is 3. The molecule has 3 aromatic rings. The molecule has 2 aromatic carbocycles. The summed E-state index contributed by atoms with van der Waals surface area (Å²) in [6, 6.07) is 14.1. The van der Waals surface area contributed by atoms with E-state index in [2.05, 4.69) is 16.9 Å². The van der Waals surface area contributed by atoms with Crippen molar-refractivity contribution in [1.29, 1.82) is 0 Å². The first-order valence-corrected chi connectivity index (χ1v) is 8.00. The molecule has 5 N–H and O–H groups in total. The Morgan fingerprint density at radius 1 is 1.19 bits per heavy atom. The van der Waals surface area contributed by atoms with Gasteiger partial charge >= 0.3 is 0 Å². The second-order valence-electron chi connectivity index (χ2n) is 5.96. The van der Waals surface area contributed by atoms with Gasteiger partial charge in [-0.3, -0.25) is 0 Å². The van der Waals surface area contributed by atoms with Gasteiger partial charge in [0.1, 0.15) is 11.6 Å². The second kappa shape index (κ2) is 7.25. The normalized spacial score (nSPS) is 11.4. The number of rotatable bonds is 5. The monoisotopic (exact) mass is 349 g/mol. The van der Waals surface area contributed by atoms with Gasteiger partial charge in [0.2, 0.25) is 0 Å². The highest BCUT2D eigenvalue weighted by molar-refractivity contribution is 5.88. The van der Waals surface area contributed by atoms with Crippen molar-refractivity contribution in [2.45, 2.75) is 0 Å². The molecule has 0 aliphatic rings. The predicted octanol–water partition coefficient (Wildman–Crippen LogP) is 3.52. The van der Waals surface area contributed by atoms with Gasteiger partial charge in [-0.15, -0.1) is 0 Å². The van der Waals surface area contributed by atoms with E-state index in [1.165, 1.54) is 11.1 Å². The second-order valence-corrected chi connectivity index (χ2v) is 5.96. The number of nitrogens with zero attached hydrogens (tertiary/aromatic N) is 2. The Hall–Kier alpha value is -3.38. The average Bonchev–Trinajstić information content (AvgIpc) is 2.60. The van der Waals surface area contributed by atoms with Crippen molar-refractivity contribution in [1.82, 2.24) is 9.99 Å². The van der Waals surface area contributed by atoms with Gasteiger partial charge in [0.15, 0.2) is 0 Å². The van der Waals surface area contributed by atoms with E-state index >= 15 is 0 Å². The van der Waals surface area contributed by atoms with Crippen LogP contribution in [0.4, 0.5) is 10.2 Å². The zero-order valence-electron chi connectivity index (χ0n) is 14.4. The molecule has 0 spiro atoms. The molecule has 26 heavy (non-hydrogen) atoms. The van der Waals surface area contributed by atoms with Crippen molar-refractivity contribution < 1.29 is 4.39 Å². The number of halogens is 1. The molecule has 0 unspecified atom stereocenters. The van der Waals surface area contributed by atoms with Crippen molar-refractivity contribution in [3.05, 3.63) is 84.5 Å². The minimum atomic E-state index is -0.336. The summed E-state index contributed by atoms with van der Waals surface area (Å²) in [4.78, 5) is 4.36. The Morgan fingerprint density at radius 2 is 1.96 bits per heavy atom. The van der Waals surface area contributed by atoms with E-state index in [1.807, 2.05) is 24.3 Å². The molecule has 0 aliphatic heterocycles. The highest BCUT2D eigenvalue weighted by atomic mass is 19.1. The topological polar surface area (TPSA) is 80.2 Å². The standard InChI is InChI=1S/C20H20FN5/c1-13(17-5-3-4-6-18(17)21)25-20-10-16-9-14(19(22)12-26(2)23)7-8-15(16)11-24-20/h3-12H,1,22-23H2,2H3,(H,24,25)/b19-12-. The molecular formula is C20H20FN5. The first-order valence-electron chi connectivity index (χ1n) is 8.00. The van der Waals surface area contributed by atoms with Gasteiger partial charge in [-0.1, -0.05) is 30.8 Å². The number of fused-ring (bicyclic) bond motifs is 1. The molecule has 0 saturated heterocycles. The molecule has 0 bridgehead atoms. The summed E-state index contributed by atoms with van der Waals surface area (Å²) in [7, 11) is 1.70. The number of nitrogens with two attached hydrogens (primary N) is 2. The lowest BCUT2D eigenvalue weighted by atomic mass is 10.1. The summed E-state index contributed by atoms with van der Waals surface area (Å²) in [5, 5.41) is 6.36. The molecule has 132 valence electrons. The number of hydrazine groups is 1. The Bertz CT molecular complexity index is 994. The number of nitrogens with one attached hydrogen (secondary N) is 1. The van der Waals surface area contributed by atoms with Gasteiger partial charge in [-0.2, -0.15) is 0 Å². The lowest BCUT2D eigenvalue weighted by molar-refractivity contribution is 0.486. The molecule has 0 fully saturated rings. The average molecular weight is 349 g/mol. The molecule has 0 atom stereocenters. The van der Waals surface area contributed by atoms with Crippen LogP contribution in [0.15, 0.2) is 67.5 Å². The van der Waals surface area contributed by atoms with Crippen molar-refractivity contribution >= 4 is 28.0 Å². The highest BCUT2D eigenvalue weighted by Gasteiger charge is 2.07. The minimum absolute atomic E-state index is 0.336. The first-order chi connectivity index (χ1) is 12.4. The predicted molar refractivity (Wildman–Crippen MR) is 105 cm³/mol. The molecule has 1 heterocycles. The third-order valence-electron chi connectivity index (χ3n) is 3.88. The summed E-state index contributed by atoms with van der Waals surface area (Å²) >= 11 is 0. The Morgan fingerprint density at radius 3 is 2.69 bits per heavy atom. The number of aromatic nitrogens is 1. The molecular weight excluding hydrogens is 329 g/mol. The van der Waals surface area contributed by atoms with Gasteiger partial charge in [0, 0.05) is 36.1 Å². The van der Waals surface area contributed by atoms with Crippen molar-refractivity contribution in [2.75, 3.05) is 12.4 Å². The maximum absolute atomic E-state index is 13.9. The van der Waals surface area contributed by atoms with Crippen LogP contribution >= 0.6 is 0 Å². The van der Waals surface area contributed by atoms with Crippen LogP contribution in [-0.2, 0) is 0 Å². The smallest absolute Gasteiger partial charge is 0.132 e. The quantitative estimate of drug-likeness (QED) is 0.485. The Kier molecular flexibility index (Phi) is 4.86. The lowest BCUT2D eigenvalue weighted by Crippen LogP contribution is -2.20. The maximum Gasteiger partial charge on any atom is 0.132 e. The van der Waals surface area contributed by atoms with Crippen LogP contribution in [0.5, 0.6) is 0 Å². The minimum Gasteiger partial charge on any atom is -0.397 e. The van der Waals surface area contributed by atoms with Gasteiger partial charge in [-0.05, 0) is 35.2 Å². The maximum atomic E-state index is 13.9. The van der Waals surface area contributed by atoms with Crippen LogP contribution in [0.1, 0.15) is 11.1 Å². The summed E-state index contributed by atoms with van der Waals surface area (Å²) in [6.45, 7) is 3.90. The summed E-state index contributed by atoms with van der Waals surface area (Å²) in [5.74, 6) is 5.84. The Balaban J connectivity index is 1.91. The largest absolute Gasteiger partial charge is 0.397 e. The molecule has 0 saturated carbocycles. The Labute approximate surface area is 151 Å². The summed E-state index contributed by atoms with van der Waals surface area (Å²) in [5.41, 5.74) is 8.30. The zero-order valence-corrected chi connectivity index (χ0v) is 14.4. The molecule has 0 amide bonds. The van der Waals surface area contributed by atoms with E-state index in [-0.39, 0.29) is 5.82 Å². The molecule has 5 nitrogen and oxygen atoms in total. The summed E-state index contributed by atoms with van der Waals surface area (Å²) < 4.78 is 13.9. The number of benzene rings is 2. The van der Waals surface area contributed by atoms with E-state index in [0.717, 1.165) is 16.3 Å². The summed E-state index contributed by atoms with van der Waals surface area (Å²) in [6.07, 6.45) is 3.38. The van der Waals surface area contributed by atoms with Crippen LogP contribution in [0.25, 0.3) is 22.2 Å². The fourth-order valence-corrected chi connectivity index (χ4v) is 2.61. The van der Waals surface area contributed by atoms with Gasteiger partial charge in [-0.25, -0.2) is 15.2 Å². The third-order valence-corrected chi connectivity index (χ3v) is 3.88. The van der Waals surface area contributed by atoms with E-state index in [0.29, 0.717) is 22.8 Å². The van der Waals surface area contributed by atoms with Crippen molar-refractivity contribution in [2.24, 2.45) is 11.6 Å². The molecule has 3 rings (SSSR count). The molecule has 0 aliphatic carbocycles. The van der Waals surface area contributed by atoms with Gasteiger partial charge < -0.3 is 16.1 Å². The lowest BCUT2D eigenvalue weighted by Gasteiger charge is -2.12. The van der Waals surface area contributed by atoms with Crippen molar-refractivity contribution in [3.63, 3.8) is 0 Å². The zero-order chi connectivity index (χ0) is 18.7. The third kappa shape index (κ3) is 3.81. The van der Waals surface area contributed by atoms with Crippen LogP contribution in [0, 0.1) is 5.82 Å². The van der Waals surface area contributed by atoms with Crippen LogP contribution in [-0.4, -0.2) is 17.0 Å². The van der Waals surface area contributed by atoms with Crippen LogP contribution in [0.3, 0.4) is 0 Å². The first kappa shape index (κ1) is 17.4. The van der Waals surface area contributed by atoms with Crippen LogP contribution < -0.4 is 16.9 Å². The van der Waals surface area contributed by atoms with E-state index < -0.39 is 0 Å². The van der Waals surface area contributed by atoms with E-state index in [4.69, 9.17) is 11.6 Å². The highest BCUT2D eigenvalue weighted by Crippen LogP contribution is 2.23. The fourth-order valence-electron chi connectivity index (χ4n) is 2.61. The molecule has 1 aromatic heterocycles. The van der Waals surface area contributed by atoms with Crippen molar-refractivity contribution in [3.8, 4) is 0 Å².